The van der Waals surface area contributed by atoms with Crippen LogP contribution in [0.4, 0.5) is 0 Å². The van der Waals surface area contributed by atoms with Gasteiger partial charge in [0.15, 0.2) is 6.29 Å². The summed E-state index contributed by atoms with van der Waals surface area (Å²) in [6.45, 7) is 4.16. The zero-order chi connectivity index (χ0) is 12.9. The Morgan fingerprint density at radius 2 is 1.88 bits per heavy atom. The van der Waals surface area contributed by atoms with Gasteiger partial charge in [0, 0.05) is 40.5 Å². The molecule has 17 heavy (non-hydrogen) atoms. The zero-order valence-corrected chi connectivity index (χ0v) is 11.4. The van der Waals surface area contributed by atoms with E-state index in [4.69, 9.17) is 19.9 Å². The molecule has 0 spiro atoms. The van der Waals surface area contributed by atoms with Crippen LogP contribution in [0, 0.1) is 0 Å². The summed E-state index contributed by atoms with van der Waals surface area (Å²) in [5.41, 5.74) is 5.65. The molecule has 1 unspecified atom stereocenters. The molecule has 0 bridgehead atoms. The molecule has 1 aliphatic carbocycles. The quantitative estimate of drug-likeness (QED) is 0.598. The van der Waals surface area contributed by atoms with Crippen LogP contribution in [-0.2, 0) is 14.2 Å². The summed E-state index contributed by atoms with van der Waals surface area (Å²) in [6.07, 6.45) is 2.13. The maximum atomic E-state index is 5.95. The van der Waals surface area contributed by atoms with Gasteiger partial charge in [0.05, 0.1) is 12.1 Å². The van der Waals surface area contributed by atoms with Crippen LogP contribution in [-0.4, -0.2) is 63.8 Å². The van der Waals surface area contributed by atoms with Crippen molar-refractivity contribution < 1.29 is 14.2 Å². The fourth-order valence-electron chi connectivity index (χ4n) is 2.38. The fraction of sp³-hybridized carbons (Fsp3) is 1.00. The summed E-state index contributed by atoms with van der Waals surface area (Å²) in [4.78, 5) is 2.37. The maximum absolute atomic E-state index is 5.95. The molecule has 0 aromatic rings. The molecule has 0 heterocycles. The van der Waals surface area contributed by atoms with Crippen molar-refractivity contribution in [3.63, 3.8) is 0 Å². The van der Waals surface area contributed by atoms with Gasteiger partial charge in [-0.2, -0.15) is 0 Å². The fourth-order valence-corrected chi connectivity index (χ4v) is 2.38. The van der Waals surface area contributed by atoms with Crippen LogP contribution in [0.2, 0.25) is 0 Å². The topological polar surface area (TPSA) is 57.0 Å². The van der Waals surface area contributed by atoms with Crippen LogP contribution in [0.25, 0.3) is 0 Å². The van der Waals surface area contributed by atoms with E-state index in [2.05, 4.69) is 11.8 Å². The second-order valence-electron chi connectivity index (χ2n) is 4.78. The van der Waals surface area contributed by atoms with E-state index < -0.39 is 0 Å². The molecule has 1 aliphatic rings. The van der Waals surface area contributed by atoms with E-state index in [0.29, 0.717) is 19.2 Å². The average molecular weight is 246 g/mol. The average Bonchev–Trinajstić information content (AvgIpc) is 3.15. The third-order valence-corrected chi connectivity index (χ3v) is 3.53. The Kier molecular flexibility index (Phi) is 5.82. The van der Waals surface area contributed by atoms with Crippen LogP contribution >= 0.6 is 0 Å². The number of rotatable bonds is 9. The molecular formula is C12H26N2O3. The Labute approximate surface area is 104 Å². The first-order chi connectivity index (χ1) is 8.13. The predicted molar refractivity (Wildman–Crippen MR) is 66.9 cm³/mol. The molecule has 2 N–H and O–H groups in total. The Morgan fingerprint density at radius 1 is 1.29 bits per heavy atom. The maximum Gasteiger partial charge on any atom is 0.176 e. The minimum atomic E-state index is -0.315. The highest BCUT2D eigenvalue weighted by Crippen LogP contribution is 2.34. The number of nitrogens with two attached hydrogens (primary N) is 1. The summed E-state index contributed by atoms with van der Waals surface area (Å²) in [5.74, 6) is 0. The van der Waals surface area contributed by atoms with Crippen LogP contribution < -0.4 is 5.73 Å². The standard InChI is InChI=1S/C12H26N2O3/c1-12(9-13,11(16-3)17-4)14(7-8-15-2)10-5-6-10/h10-11H,5-9,13H2,1-4H3. The molecule has 102 valence electrons. The van der Waals surface area contributed by atoms with E-state index in [1.165, 1.54) is 12.8 Å². The third-order valence-electron chi connectivity index (χ3n) is 3.53. The molecule has 0 aliphatic heterocycles. The zero-order valence-electron chi connectivity index (χ0n) is 11.4. The largest absolute Gasteiger partial charge is 0.383 e. The summed E-state index contributed by atoms with van der Waals surface area (Å²) in [7, 11) is 5.03. The highest BCUT2D eigenvalue weighted by molar-refractivity contribution is 4.98. The molecule has 0 radical (unpaired) electrons. The molecular weight excluding hydrogens is 220 g/mol. The van der Waals surface area contributed by atoms with Crippen LogP contribution in [0.5, 0.6) is 0 Å². The van der Waals surface area contributed by atoms with Gasteiger partial charge < -0.3 is 19.9 Å². The first kappa shape index (κ1) is 14.9. The van der Waals surface area contributed by atoms with Crippen molar-refractivity contribution >= 4 is 0 Å². The molecule has 0 saturated heterocycles. The molecule has 1 atom stereocenters. The van der Waals surface area contributed by atoms with Crippen LogP contribution in [0.3, 0.4) is 0 Å². The van der Waals surface area contributed by atoms with Gasteiger partial charge >= 0.3 is 0 Å². The molecule has 1 saturated carbocycles. The molecule has 0 aromatic heterocycles. The highest BCUT2D eigenvalue weighted by Gasteiger charge is 2.45. The van der Waals surface area contributed by atoms with Gasteiger partial charge in [0.2, 0.25) is 0 Å². The van der Waals surface area contributed by atoms with Gasteiger partial charge in [-0.15, -0.1) is 0 Å². The van der Waals surface area contributed by atoms with Gasteiger partial charge in [-0.1, -0.05) is 0 Å². The molecule has 1 fully saturated rings. The summed E-state index contributed by atoms with van der Waals surface area (Å²) in [6, 6.07) is 0.589. The highest BCUT2D eigenvalue weighted by atomic mass is 16.7. The lowest BCUT2D eigenvalue weighted by Gasteiger charge is -2.44. The molecule has 0 aromatic carbocycles. The van der Waals surface area contributed by atoms with Gasteiger partial charge in [0.25, 0.3) is 0 Å². The van der Waals surface area contributed by atoms with Crippen molar-refractivity contribution in [3.8, 4) is 0 Å². The Hall–Kier alpha value is -0.200. The van der Waals surface area contributed by atoms with Crippen molar-refractivity contribution in [2.24, 2.45) is 5.73 Å². The Bertz CT molecular complexity index is 220. The van der Waals surface area contributed by atoms with Crippen molar-refractivity contribution in [1.29, 1.82) is 0 Å². The SMILES string of the molecule is COCCN(C1CC1)C(C)(CN)C(OC)OC. The molecule has 1 rings (SSSR count). The number of hydrogen-bond acceptors (Lipinski definition) is 5. The second-order valence-corrected chi connectivity index (χ2v) is 4.78. The first-order valence-corrected chi connectivity index (χ1v) is 6.15. The predicted octanol–water partition coefficient (Wildman–Crippen LogP) is 0.434. The van der Waals surface area contributed by atoms with Gasteiger partial charge in [-0.05, 0) is 19.8 Å². The molecule has 5 nitrogen and oxygen atoms in total. The van der Waals surface area contributed by atoms with Gasteiger partial charge in [0.1, 0.15) is 0 Å². The number of ether oxygens (including phenoxy) is 3. The van der Waals surface area contributed by atoms with E-state index in [9.17, 15) is 0 Å². The van der Waals surface area contributed by atoms with Crippen LogP contribution in [0.15, 0.2) is 0 Å². The minimum absolute atomic E-state index is 0.302. The summed E-state index contributed by atoms with van der Waals surface area (Å²) >= 11 is 0. The lowest BCUT2D eigenvalue weighted by atomic mass is 9.98. The Morgan fingerprint density at radius 3 is 2.24 bits per heavy atom. The normalized spacial score (nSPS) is 19.9. The summed E-state index contributed by atoms with van der Waals surface area (Å²) < 4.78 is 16.0. The van der Waals surface area contributed by atoms with Gasteiger partial charge in [-0.25, -0.2) is 0 Å². The number of nitrogens with zero attached hydrogens (tertiary/aromatic N) is 1. The van der Waals surface area contributed by atoms with Crippen molar-refractivity contribution in [2.75, 3.05) is 41.0 Å². The summed E-state index contributed by atoms with van der Waals surface area (Å²) in [5, 5.41) is 0. The third kappa shape index (κ3) is 3.39. The van der Waals surface area contributed by atoms with Crippen molar-refractivity contribution in [1.82, 2.24) is 4.90 Å². The smallest absolute Gasteiger partial charge is 0.176 e. The van der Waals surface area contributed by atoms with Gasteiger partial charge in [-0.3, -0.25) is 4.90 Å². The van der Waals surface area contributed by atoms with E-state index in [1.807, 2.05) is 0 Å². The van der Waals surface area contributed by atoms with Crippen molar-refractivity contribution in [3.05, 3.63) is 0 Å². The Balaban J connectivity index is 2.77. The molecule has 5 heteroatoms. The molecule has 0 amide bonds. The van der Waals surface area contributed by atoms with E-state index in [1.54, 1.807) is 21.3 Å². The van der Waals surface area contributed by atoms with E-state index >= 15 is 0 Å². The monoisotopic (exact) mass is 246 g/mol. The minimum Gasteiger partial charge on any atom is -0.383 e. The van der Waals surface area contributed by atoms with Crippen molar-refractivity contribution in [2.45, 2.75) is 37.6 Å². The number of methoxy groups -OCH3 is 3. The van der Waals surface area contributed by atoms with E-state index in [0.717, 1.165) is 6.54 Å². The lowest BCUT2D eigenvalue weighted by Crippen LogP contribution is -2.61. The number of hydrogen-bond donors (Lipinski definition) is 1. The second kappa shape index (κ2) is 6.66. The van der Waals surface area contributed by atoms with E-state index in [-0.39, 0.29) is 11.8 Å². The first-order valence-electron chi connectivity index (χ1n) is 6.15. The lowest BCUT2D eigenvalue weighted by molar-refractivity contribution is -0.184. The van der Waals surface area contributed by atoms with Crippen LogP contribution in [0.1, 0.15) is 19.8 Å².